The minimum Gasteiger partial charge on any atom is -0.495 e. The first-order valence-electron chi connectivity index (χ1n) is 5.89. The van der Waals surface area contributed by atoms with E-state index in [1.807, 2.05) is 12.1 Å². The molecule has 0 saturated carbocycles. The Kier molecular flexibility index (Phi) is 3.64. The number of likely N-dealkylation sites (tertiary alicyclic amines) is 1. The van der Waals surface area contributed by atoms with E-state index >= 15 is 0 Å². The number of carbonyl (C=O) groups is 1. The van der Waals surface area contributed by atoms with E-state index in [2.05, 4.69) is 4.90 Å². The van der Waals surface area contributed by atoms with Crippen molar-refractivity contribution in [2.24, 2.45) is 0 Å². The molecule has 0 spiro atoms. The van der Waals surface area contributed by atoms with Gasteiger partial charge in [0.15, 0.2) is 0 Å². The molecule has 1 aromatic rings. The number of rotatable bonds is 4. The van der Waals surface area contributed by atoms with Crippen LogP contribution in [0.15, 0.2) is 18.2 Å². The van der Waals surface area contributed by atoms with Crippen LogP contribution >= 0.6 is 0 Å². The molecule has 0 bridgehead atoms. The molecular weight excluding hydrogens is 216 g/mol. The summed E-state index contributed by atoms with van der Waals surface area (Å²) in [5, 5.41) is 0. The Morgan fingerprint density at radius 3 is 2.71 bits per heavy atom. The van der Waals surface area contributed by atoms with E-state index in [1.54, 1.807) is 13.2 Å². The maximum absolute atomic E-state index is 11.3. The smallest absolute Gasteiger partial charge is 0.142 e. The fourth-order valence-electron chi connectivity index (χ4n) is 2.31. The number of carbonyl (C=O) groups excluding carboxylic acids is 1. The van der Waals surface area contributed by atoms with E-state index in [4.69, 9.17) is 10.5 Å². The SMILES string of the molecule is COc1cc(C(C=O)N2CCCC2)ccc1N. The van der Waals surface area contributed by atoms with Gasteiger partial charge in [0.2, 0.25) is 0 Å². The van der Waals surface area contributed by atoms with Crippen molar-refractivity contribution in [2.75, 3.05) is 25.9 Å². The van der Waals surface area contributed by atoms with Crippen LogP contribution in [0.1, 0.15) is 24.4 Å². The first-order chi connectivity index (χ1) is 8.26. The second-order valence-corrected chi connectivity index (χ2v) is 4.33. The minimum atomic E-state index is -0.174. The Morgan fingerprint density at radius 2 is 2.12 bits per heavy atom. The maximum Gasteiger partial charge on any atom is 0.142 e. The molecule has 4 nitrogen and oxygen atoms in total. The molecular formula is C13H18N2O2. The third-order valence-electron chi connectivity index (χ3n) is 3.26. The van der Waals surface area contributed by atoms with Crippen LogP contribution in [0.3, 0.4) is 0 Å². The molecule has 0 amide bonds. The third-order valence-corrected chi connectivity index (χ3v) is 3.26. The molecule has 0 aliphatic carbocycles. The van der Waals surface area contributed by atoms with Gasteiger partial charge in [0.1, 0.15) is 12.0 Å². The lowest BCUT2D eigenvalue weighted by atomic mass is 10.1. The molecule has 1 atom stereocenters. The molecule has 4 heteroatoms. The van der Waals surface area contributed by atoms with Crippen LogP contribution in [0.4, 0.5) is 5.69 Å². The van der Waals surface area contributed by atoms with Crippen LogP contribution in [-0.4, -0.2) is 31.4 Å². The fraction of sp³-hybridized carbons (Fsp3) is 0.462. The minimum absolute atomic E-state index is 0.174. The lowest BCUT2D eigenvalue weighted by Gasteiger charge is -2.23. The van der Waals surface area contributed by atoms with E-state index < -0.39 is 0 Å². The van der Waals surface area contributed by atoms with E-state index in [0.717, 1.165) is 37.8 Å². The number of methoxy groups -OCH3 is 1. The lowest BCUT2D eigenvalue weighted by molar-refractivity contribution is -0.112. The number of nitrogen functional groups attached to an aromatic ring is 1. The van der Waals surface area contributed by atoms with Gasteiger partial charge in [0.05, 0.1) is 18.8 Å². The number of nitrogens with two attached hydrogens (primary N) is 1. The zero-order chi connectivity index (χ0) is 12.3. The molecule has 1 aliphatic heterocycles. The van der Waals surface area contributed by atoms with Crippen molar-refractivity contribution >= 4 is 12.0 Å². The number of hydrogen-bond acceptors (Lipinski definition) is 4. The molecule has 1 unspecified atom stereocenters. The molecule has 1 aliphatic rings. The normalized spacial score (nSPS) is 17.9. The van der Waals surface area contributed by atoms with Crippen molar-refractivity contribution in [2.45, 2.75) is 18.9 Å². The Bertz CT molecular complexity index is 400. The van der Waals surface area contributed by atoms with Crippen LogP contribution in [-0.2, 0) is 4.79 Å². The first kappa shape index (κ1) is 11.9. The molecule has 1 saturated heterocycles. The van der Waals surface area contributed by atoms with Gasteiger partial charge in [-0.3, -0.25) is 4.90 Å². The quantitative estimate of drug-likeness (QED) is 0.635. The van der Waals surface area contributed by atoms with Crippen LogP contribution in [0.25, 0.3) is 0 Å². The number of aldehydes is 1. The summed E-state index contributed by atoms with van der Waals surface area (Å²) in [6, 6.07) is 5.37. The van der Waals surface area contributed by atoms with Gasteiger partial charge >= 0.3 is 0 Å². The summed E-state index contributed by atoms with van der Waals surface area (Å²) in [7, 11) is 1.58. The van der Waals surface area contributed by atoms with Gasteiger partial charge in [-0.15, -0.1) is 0 Å². The number of benzene rings is 1. The van der Waals surface area contributed by atoms with Crippen molar-refractivity contribution in [3.8, 4) is 5.75 Å². The summed E-state index contributed by atoms with van der Waals surface area (Å²) in [5.41, 5.74) is 7.32. The third kappa shape index (κ3) is 2.42. The van der Waals surface area contributed by atoms with Gasteiger partial charge < -0.3 is 15.3 Å². The average Bonchev–Trinajstić information content (AvgIpc) is 2.86. The van der Waals surface area contributed by atoms with E-state index in [1.165, 1.54) is 0 Å². The second-order valence-electron chi connectivity index (χ2n) is 4.33. The molecule has 0 aromatic heterocycles. The second kappa shape index (κ2) is 5.19. The highest BCUT2D eigenvalue weighted by molar-refractivity contribution is 5.64. The maximum atomic E-state index is 11.3. The predicted molar refractivity (Wildman–Crippen MR) is 67.0 cm³/mol. The van der Waals surface area contributed by atoms with Crippen molar-refractivity contribution in [3.63, 3.8) is 0 Å². The highest BCUT2D eigenvalue weighted by Gasteiger charge is 2.23. The van der Waals surface area contributed by atoms with Crippen molar-refractivity contribution < 1.29 is 9.53 Å². The Hall–Kier alpha value is -1.55. The number of hydrogen-bond donors (Lipinski definition) is 1. The van der Waals surface area contributed by atoms with Gasteiger partial charge in [-0.05, 0) is 43.6 Å². The molecule has 92 valence electrons. The summed E-state index contributed by atoms with van der Waals surface area (Å²) in [6.45, 7) is 1.96. The van der Waals surface area contributed by atoms with Gasteiger partial charge in [0, 0.05) is 0 Å². The lowest BCUT2D eigenvalue weighted by Crippen LogP contribution is -2.26. The van der Waals surface area contributed by atoms with E-state index in [0.29, 0.717) is 11.4 Å². The molecule has 1 heterocycles. The Morgan fingerprint density at radius 1 is 1.41 bits per heavy atom. The van der Waals surface area contributed by atoms with E-state index in [9.17, 15) is 4.79 Å². The molecule has 17 heavy (non-hydrogen) atoms. The zero-order valence-electron chi connectivity index (χ0n) is 10.1. The van der Waals surface area contributed by atoms with Gasteiger partial charge in [-0.1, -0.05) is 6.07 Å². The topological polar surface area (TPSA) is 55.6 Å². The van der Waals surface area contributed by atoms with Crippen LogP contribution < -0.4 is 10.5 Å². The highest BCUT2D eigenvalue weighted by Crippen LogP contribution is 2.29. The summed E-state index contributed by atoms with van der Waals surface area (Å²) in [6.07, 6.45) is 3.32. The Labute approximate surface area is 101 Å². The summed E-state index contributed by atoms with van der Waals surface area (Å²) < 4.78 is 5.18. The highest BCUT2D eigenvalue weighted by atomic mass is 16.5. The largest absolute Gasteiger partial charge is 0.495 e. The van der Waals surface area contributed by atoms with Gasteiger partial charge in [-0.25, -0.2) is 0 Å². The van der Waals surface area contributed by atoms with Crippen molar-refractivity contribution in [3.05, 3.63) is 23.8 Å². The summed E-state index contributed by atoms with van der Waals surface area (Å²) in [4.78, 5) is 13.5. The molecule has 1 fully saturated rings. The Balaban J connectivity index is 2.26. The zero-order valence-corrected chi connectivity index (χ0v) is 10.1. The van der Waals surface area contributed by atoms with Crippen LogP contribution in [0.2, 0.25) is 0 Å². The molecule has 2 rings (SSSR count). The van der Waals surface area contributed by atoms with Crippen molar-refractivity contribution in [1.82, 2.24) is 4.90 Å². The molecule has 2 N–H and O–H groups in total. The summed E-state index contributed by atoms with van der Waals surface area (Å²) in [5.74, 6) is 0.633. The number of anilines is 1. The van der Waals surface area contributed by atoms with Gasteiger partial charge in [0.25, 0.3) is 0 Å². The molecule has 0 radical (unpaired) electrons. The predicted octanol–water partition coefficient (Wildman–Crippen LogP) is 1.61. The number of nitrogens with zero attached hydrogens (tertiary/aromatic N) is 1. The fourth-order valence-corrected chi connectivity index (χ4v) is 2.31. The van der Waals surface area contributed by atoms with Crippen LogP contribution in [0.5, 0.6) is 5.75 Å². The average molecular weight is 234 g/mol. The van der Waals surface area contributed by atoms with E-state index in [-0.39, 0.29) is 6.04 Å². The monoisotopic (exact) mass is 234 g/mol. The standard InChI is InChI=1S/C13H18N2O2/c1-17-13-8-10(4-5-11(13)14)12(9-16)15-6-2-3-7-15/h4-5,8-9,12H,2-3,6-7,14H2,1H3. The van der Waals surface area contributed by atoms with Crippen LogP contribution in [0, 0.1) is 0 Å². The van der Waals surface area contributed by atoms with Crippen molar-refractivity contribution in [1.29, 1.82) is 0 Å². The molecule has 1 aromatic carbocycles. The first-order valence-corrected chi connectivity index (χ1v) is 5.89. The number of ether oxygens (including phenoxy) is 1. The summed E-state index contributed by atoms with van der Waals surface area (Å²) >= 11 is 0. The van der Waals surface area contributed by atoms with Gasteiger partial charge in [-0.2, -0.15) is 0 Å².